The molecule has 1 aromatic carbocycles. The van der Waals surface area contributed by atoms with Gasteiger partial charge < -0.3 is 15.0 Å². The Kier molecular flexibility index (Phi) is 7.91. The minimum atomic E-state index is -4.50. The van der Waals surface area contributed by atoms with Gasteiger partial charge in [-0.25, -0.2) is 0 Å². The summed E-state index contributed by atoms with van der Waals surface area (Å²) < 4.78 is 63.1. The monoisotopic (exact) mass is 595 g/mol. The van der Waals surface area contributed by atoms with Gasteiger partial charge in [0.1, 0.15) is 0 Å². The quantitative estimate of drug-likeness (QED) is 0.244. The van der Waals surface area contributed by atoms with Crippen molar-refractivity contribution < 1.29 is 42.1 Å². The SMILES string of the molecule is FC(F)(F)c1nc[n-]c1-c1ccccn1.Fc1c[c-]c(-c2ccccn2)c(F)c1.[Ir]. The topological polar surface area (TPSA) is 52.8 Å². The molecule has 157 valence electrons. The molecule has 0 aliphatic heterocycles. The van der Waals surface area contributed by atoms with Gasteiger partial charge in [0, 0.05) is 49.8 Å². The van der Waals surface area contributed by atoms with Gasteiger partial charge in [0.15, 0.2) is 0 Å². The summed E-state index contributed by atoms with van der Waals surface area (Å²) in [5.41, 5.74) is -0.427. The third kappa shape index (κ3) is 5.77. The Hall–Kier alpha value is -2.97. The second-order valence-electron chi connectivity index (χ2n) is 5.54. The Bertz CT molecular complexity index is 1070. The van der Waals surface area contributed by atoms with Crippen LogP contribution in [0.5, 0.6) is 0 Å². The van der Waals surface area contributed by atoms with Crippen molar-refractivity contribution in [2.45, 2.75) is 6.18 Å². The van der Waals surface area contributed by atoms with E-state index >= 15 is 0 Å². The summed E-state index contributed by atoms with van der Waals surface area (Å²) in [4.78, 5) is 14.5. The van der Waals surface area contributed by atoms with Crippen LogP contribution in [0.4, 0.5) is 22.0 Å². The summed E-state index contributed by atoms with van der Waals surface area (Å²) in [5.74, 6) is -1.29. The summed E-state index contributed by atoms with van der Waals surface area (Å²) in [6, 6.07) is 14.2. The average Bonchev–Trinajstić information content (AvgIpc) is 3.20. The van der Waals surface area contributed by atoms with Gasteiger partial charge in [-0.05, 0) is 29.6 Å². The van der Waals surface area contributed by atoms with E-state index < -0.39 is 23.5 Å². The molecule has 0 N–H and O–H groups in total. The van der Waals surface area contributed by atoms with Crippen LogP contribution >= 0.6 is 0 Å². The zero-order valence-electron chi connectivity index (χ0n) is 14.9. The first-order valence-corrected chi connectivity index (χ1v) is 8.10. The van der Waals surface area contributed by atoms with Crippen molar-refractivity contribution in [1.29, 1.82) is 0 Å². The van der Waals surface area contributed by atoms with Gasteiger partial charge in [0.05, 0.1) is 5.69 Å². The minimum Gasteiger partial charge on any atom is -0.441 e. The summed E-state index contributed by atoms with van der Waals surface area (Å²) in [7, 11) is 0. The van der Waals surface area contributed by atoms with Gasteiger partial charge in [-0.3, -0.25) is 13.8 Å². The molecular weight excluding hydrogens is 583 g/mol. The molecule has 10 heteroatoms. The predicted molar refractivity (Wildman–Crippen MR) is 94.2 cm³/mol. The number of alkyl halides is 3. The summed E-state index contributed by atoms with van der Waals surface area (Å²) >= 11 is 0. The third-order valence-electron chi connectivity index (χ3n) is 3.55. The Balaban J connectivity index is 0.000000207. The first-order chi connectivity index (χ1) is 13.9. The van der Waals surface area contributed by atoms with Crippen LogP contribution < -0.4 is 4.98 Å². The van der Waals surface area contributed by atoms with Crippen molar-refractivity contribution in [1.82, 2.24) is 19.9 Å². The van der Waals surface area contributed by atoms with Crippen molar-refractivity contribution in [3.63, 3.8) is 0 Å². The van der Waals surface area contributed by atoms with E-state index in [1.807, 2.05) is 0 Å². The van der Waals surface area contributed by atoms with E-state index in [4.69, 9.17) is 0 Å². The summed E-state index contributed by atoms with van der Waals surface area (Å²) in [6.45, 7) is 0. The first kappa shape index (κ1) is 23.3. The normalized spacial score (nSPS) is 10.6. The van der Waals surface area contributed by atoms with Crippen molar-refractivity contribution in [2.75, 3.05) is 0 Å². The largest absolute Gasteiger partial charge is 0.441 e. The van der Waals surface area contributed by atoms with Crippen molar-refractivity contribution in [2.24, 2.45) is 0 Å². The van der Waals surface area contributed by atoms with Crippen LogP contribution in [0.2, 0.25) is 0 Å². The number of aromatic nitrogens is 4. The molecule has 0 bridgehead atoms. The van der Waals surface area contributed by atoms with Gasteiger partial charge in [-0.2, -0.15) is 13.2 Å². The zero-order chi connectivity index (χ0) is 20.9. The van der Waals surface area contributed by atoms with Crippen molar-refractivity contribution in [3.8, 4) is 22.6 Å². The van der Waals surface area contributed by atoms with Gasteiger partial charge in [0.25, 0.3) is 0 Å². The fourth-order valence-corrected chi connectivity index (χ4v) is 2.32. The Morgan fingerprint density at radius 2 is 1.50 bits per heavy atom. The molecule has 4 nitrogen and oxygen atoms in total. The molecule has 0 atom stereocenters. The maximum atomic E-state index is 13.2. The second kappa shape index (κ2) is 10.2. The van der Waals surface area contributed by atoms with Gasteiger partial charge in [-0.15, -0.1) is 12.1 Å². The fourth-order valence-electron chi connectivity index (χ4n) is 2.32. The van der Waals surface area contributed by atoms with Crippen LogP contribution in [0.1, 0.15) is 5.69 Å². The van der Waals surface area contributed by atoms with E-state index in [1.165, 1.54) is 12.3 Å². The van der Waals surface area contributed by atoms with E-state index in [0.717, 1.165) is 18.5 Å². The van der Waals surface area contributed by atoms with Crippen LogP contribution in [0, 0.1) is 17.7 Å². The van der Waals surface area contributed by atoms with Gasteiger partial charge in [-0.1, -0.05) is 36.2 Å². The second-order valence-corrected chi connectivity index (χ2v) is 5.54. The van der Waals surface area contributed by atoms with Crippen LogP contribution in [-0.2, 0) is 26.3 Å². The number of halogens is 5. The molecule has 30 heavy (non-hydrogen) atoms. The molecule has 4 rings (SSSR count). The predicted octanol–water partition coefficient (Wildman–Crippen LogP) is 4.94. The maximum absolute atomic E-state index is 13.2. The van der Waals surface area contributed by atoms with E-state index in [1.54, 1.807) is 36.5 Å². The maximum Gasteiger partial charge on any atom is 0.413 e. The Morgan fingerprint density at radius 1 is 0.867 bits per heavy atom. The molecule has 1 radical (unpaired) electrons. The van der Waals surface area contributed by atoms with E-state index in [9.17, 15) is 22.0 Å². The van der Waals surface area contributed by atoms with Crippen molar-refractivity contribution >= 4 is 0 Å². The van der Waals surface area contributed by atoms with E-state index in [2.05, 4.69) is 26.0 Å². The Morgan fingerprint density at radius 3 is 2.03 bits per heavy atom. The summed E-state index contributed by atoms with van der Waals surface area (Å²) in [6.07, 6.45) is -0.660. The van der Waals surface area contributed by atoms with Crippen molar-refractivity contribution in [3.05, 3.63) is 90.6 Å². The molecule has 0 spiro atoms. The molecule has 0 saturated heterocycles. The number of imidazole rings is 1. The van der Waals surface area contributed by atoms with Crippen LogP contribution in [0.3, 0.4) is 0 Å². The Labute approximate surface area is 181 Å². The molecule has 0 fully saturated rings. The van der Waals surface area contributed by atoms with Crippen LogP contribution in [0.15, 0.2) is 67.3 Å². The molecule has 0 amide bonds. The molecular formula is C20H11F5IrN4-2. The molecule has 4 aromatic rings. The molecule has 0 aliphatic carbocycles. The average molecular weight is 595 g/mol. The van der Waals surface area contributed by atoms with Gasteiger partial charge >= 0.3 is 6.18 Å². The molecule has 3 aromatic heterocycles. The van der Waals surface area contributed by atoms with Gasteiger partial charge in [0.2, 0.25) is 0 Å². The standard InChI is InChI=1S/C11H6F2N.C9H5F3N3.Ir/c12-8-4-5-9(10(13)7-8)11-3-1-2-6-14-11;10-9(11,12)8-7(14-5-15-8)6-3-1-2-4-13-6;/h1-4,6-7H;1-5H;/q2*-1;. The number of hydrogen-bond acceptors (Lipinski definition) is 3. The number of benzene rings is 1. The zero-order valence-corrected chi connectivity index (χ0v) is 17.3. The minimum absolute atomic E-state index is 0. The first-order valence-electron chi connectivity index (χ1n) is 8.10. The smallest absolute Gasteiger partial charge is 0.413 e. The number of hydrogen-bond donors (Lipinski definition) is 0. The number of nitrogens with zero attached hydrogens (tertiary/aromatic N) is 4. The third-order valence-corrected chi connectivity index (χ3v) is 3.55. The summed E-state index contributed by atoms with van der Waals surface area (Å²) in [5, 5.41) is 0. The number of pyridine rings is 2. The van der Waals surface area contributed by atoms with E-state index in [0.29, 0.717) is 5.69 Å². The molecule has 0 aliphatic rings. The molecule has 0 saturated carbocycles. The fraction of sp³-hybridized carbons (Fsp3) is 0.0500. The number of rotatable bonds is 2. The van der Waals surface area contributed by atoms with E-state index in [-0.39, 0.29) is 37.1 Å². The molecule has 0 unspecified atom stereocenters. The van der Waals surface area contributed by atoms with Crippen LogP contribution in [0.25, 0.3) is 22.6 Å². The van der Waals surface area contributed by atoms with Crippen LogP contribution in [-0.4, -0.2) is 15.0 Å². The molecule has 3 heterocycles.